The van der Waals surface area contributed by atoms with Crippen molar-refractivity contribution in [2.24, 2.45) is 0 Å². The van der Waals surface area contributed by atoms with Gasteiger partial charge in [-0.25, -0.2) is 0 Å². The highest BCUT2D eigenvalue weighted by atomic mass is 16.5. The van der Waals surface area contributed by atoms with E-state index in [9.17, 15) is 4.79 Å². The number of anilines is 1. The van der Waals surface area contributed by atoms with Gasteiger partial charge in [-0.05, 0) is 37.3 Å². The van der Waals surface area contributed by atoms with Crippen LogP contribution in [0.15, 0.2) is 77.3 Å². The molecule has 0 radical (unpaired) electrons. The summed E-state index contributed by atoms with van der Waals surface area (Å²) in [6.45, 7) is 2.02. The Kier molecular flexibility index (Phi) is 4.01. The molecule has 4 heteroatoms. The molecule has 1 aromatic heterocycles. The lowest BCUT2D eigenvalue weighted by molar-refractivity contribution is 0.0993. The van der Waals surface area contributed by atoms with Crippen LogP contribution in [0.1, 0.15) is 15.9 Å². The molecule has 0 aliphatic heterocycles. The van der Waals surface area contributed by atoms with Gasteiger partial charge in [0.05, 0.1) is 5.39 Å². The number of benzene rings is 3. The SMILES string of the molecule is Cc1ccc(N(C)C(=O)c2ccc3noc(-c4ccccc4)c3c2)cc1. The Morgan fingerprint density at radius 1 is 0.962 bits per heavy atom. The molecule has 0 spiro atoms. The Labute approximate surface area is 151 Å². The molecule has 128 valence electrons. The van der Waals surface area contributed by atoms with Gasteiger partial charge >= 0.3 is 0 Å². The van der Waals surface area contributed by atoms with Gasteiger partial charge in [0.25, 0.3) is 5.91 Å². The van der Waals surface area contributed by atoms with Crippen molar-refractivity contribution >= 4 is 22.5 Å². The van der Waals surface area contributed by atoms with Crippen molar-refractivity contribution in [3.05, 3.63) is 83.9 Å². The van der Waals surface area contributed by atoms with E-state index >= 15 is 0 Å². The van der Waals surface area contributed by atoms with Gasteiger partial charge < -0.3 is 9.42 Å². The minimum absolute atomic E-state index is 0.0732. The minimum Gasteiger partial charge on any atom is -0.355 e. The van der Waals surface area contributed by atoms with Gasteiger partial charge in [0.15, 0.2) is 5.76 Å². The molecule has 0 saturated heterocycles. The van der Waals surface area contributed by atoms with Crippen molar-refractivity contribution in [1.29, 1.82) is 0 Å². The molecule has 1 heterocycles. The van der Waals surface area contributed by atoms with Crippen molar-refractivity contribution in [3.63, 3.8) is 0 Å². The summed E-state index contributed by atoms with van der Waals surface area (Å²) in [6.07, 6.45) is 0. The largest absolute Gasteiger partial charge is 0.355 e. The molecule has 3 aromatic carbocycles. The summed E-state index contributed by atoms with van der Waals surface area (Å²) < 4.78 is 5.52. The van der Waals surface area contributed by atoms with E-state index in [-0.39, 0.29) is 5.91 Å². The van der Waals surface area contributed by atoms with E-state index in [1.165, 1.54) is 0 Å². The maximum absolute atomic E-state index is 12.9. The van der Waals surface area contributed by atoms with E-state index in [0.29, 0.717) is 11.3 Å². The number of aryl methyl sites for hydroxylation is 1. The normalized spacial score (nSPS) is 10.8. The standard InChI is InChI=1S/C22H18N2O2/c1-15-8-11-18(12-9-15)24(2)22(25)17-10-13-20-19(14-17)21(26-23-20)16-6-4-3-5-7-16/h3-14H,1-2H3. The predicted octanol–water partition coefficient (Wildman–Crippen LogP) is 5.08. The Hall–Kier alpha value is -3.40. The summed E-state index contributed by atoms with van der Waals surface area (Å²) in [6, 6.07) is 23.1. The second-order valence-corrected chi connectivity index (χ2v) is 6.31. The molecular formula is C22H18N2O2. The number of carbonyl (C=O) groups is 1. The number of nitrogens with zero attached hydrogens (tertiary/aromatic N) is 2. The lowest BCUT2D eigenvalue weighted by Gasteiger charge is -2.17. The van der Waals surface area contributed by atoms with Crippen molar-refractivity contribution in [2.45, 2.75) is 6.92 Å². The molecule has 4 rings (SSSR count). The molecule has 0 unspecified atom stereocenters. The zero-order valence-corrected chi connectivity index (χ0v) is 14.6. The van der Waals surface area contributed by atoms with E-state index in [2.05, 4.69) is 5.16 Å². The Morgan fingerprint density at radius 2 is 1.69 bits per heavy atom. The van der Waals surface area contributed by atoms with E-state index in [4.69, 9.17) is 4.52 Å². The number of carbonyl (C=O) groups excluding carboxylic acids is 1. The lowest BCUT2D eigenvalue weighted by Crippen LogP contribution is -2.26. The van der Waals surface area contributed by atoms with E-state index in [1.54, 1.807) is 18.0 Å². The van der Waals surface area contributed by atoms with Crippen LogP contribution >= 0.6 is 0 Å². The van der Waals surface area contributed by atoms with Crippen LogP contribution in [0, 0.1) is 6.92 Å². The molecule has 0 aliphatic carbocycles. The maximum Gasteiger partial charge on any atom is 0.258 e. The highest BCUT2D eigenvalue weighted by Gasteiger charge is 2.17. The average molecular weight is 342 g/mol. The van der Waals surface area contributed by atoms with Crippen molar-refractivity contribution < 1.29 is 9.32 Å². The zero-order valence-electron chi connectivity index (χ0n) is 14.6. The predicted molar refractivity (Wildman–Crippen MR) is 103 cm³/mol. The quantitative estimate of drug-likeness (QED) is 0.521. The number of hydrogen-bond acceptors (Lipinski definition) is 3. The fourth-order valence-electron chi connectivity index (χ4n) is 2.95. The van der Waals surface area contributed by atoms with Crippen LogP contribution in [0.4, 0.5) is 5.69 Å². The van der Waals surface area contributed by atoms with Gasteiger partial charge in [0.1, 0.15) is 5.52 Å². The first-order valence-electron chi connectivity index (χ1n) is 8.43. The topological polar surface area (TPSA) is 46.3 Å². The summed E-state index contributed by atoms with van der Waals surface area (Å²) in [7, 11) is 1.78. The number of amides is 1. The van der Waals surface area contributed by atoms with Crippen molar-refractivity contribution in [3.8, 4) is 11.3 Å². The Morgan fingerprint density at radius 3 is 2.42 bits per heavy atom. The average Bonchev–Trinajstić information content (AvgIpc) is 3.11. The Balaban J connectivity index is 1.72. The molecule has 26 heavy (non-hydrogen) atoms. The summed E-state index contributed by atoms with van der Waals surface area (Å²) in [5, 5.41) is 4.94. The molecule has 0 fully saturated rings. The van der Waals surface area contributed by atoms with Crippen LogP contribution in [-0.4, -0.2) is 18.1 Å². The van der Waals surface area contributed by atoms with Crippen LogP contribution in [0.5, 0.6) is 0 Å². The highest BCUT2D eigenvalue weighted by molar-refractivity contribution is 6.08. The summed E-state index contributed by atoms with van der Waals surface area (Å²) >= 11 is 0. The number of hydrogen-bond donors (Lipinski definition) is 0. The minimum atomic E-state index is -0.0732. The monoisotopic (exact) mass is 342 g/mol. The van der Waals surface area contributed by atoms with Crippen LogP contribution < -0.4 is 4.90 Å². The van der Waals surface area contributed by atoms with Gasteiger partial charge in [-0.1, -0.05) is 53.2 Å². The molecule has 0 N–H and O–H groups in total. The van der Waals surface area contributed by atoms with Crippen molar-refractivity contribution in [2.75, 3.05) is 11.9 Å². The molecule has 0 saturated carbocycles. The van der Waals surface area contributed by atoms with E-state index in [0.717, 1.165) is 27.7 Å². The second kappa shape index (κ2) is 6.48. The van der Waals surface area contributed by atoms with Gasteiger partial charge in [-0.2, -0.15) is 0 Å². The number of fused-ring (bicyclic) bond motifs is 1. The van der Waals surface area contributed by atoms with Gasteiger partial charge in [0.2, 0.25) is 0 Å². The van der Waals surface area contributed by atoms with Crippen LogP contribution in [0.25, 0.3) is 22.2 Å². The maximum atomic E-state index is 12.9. The fourth-order valence-corrected chi connectivity index (χ4v) is 2.95. The number of rotatable bonds is 3. The first-order valence-corrected chi connectivity index (χ1v) is 8.43. The van der Waals surface area contributed by atoms with Crippen LogP contribution in [0.2, 0.25) is 0 Å². The van der Waals surface area contributed by atoms with Crippen LogP contribution in [-0.2, 0) is 0 Å². The first-order chi connectivity index (χ1) is 12.6. The third-order valence-corrected chi connectivity index (χ3v) is 4.49. The molecule has 1 amide bonds. The highest BCUT2D eigenvalue weighted by Crippen LogP contribution is 2.29. The molecule has 0 bridgehead atoms. The zero-order chi connectivity index (χ0) is 18.1. The fraction of sp³-hybridized carbons (Fsp3) is 0.0909. The molecule has 0 atom stereocenters. The first kappa shape index (κ1) is 16.1. The van der Waals surface area contributed by atoms with Crippen molar-refractivity contribution in [1.82, 2.24) is 5.16 Å². The lowest BCUT2D eigenvalue weighted by atomic mass is 10.1. The summed E-state index contributed by atoms with van der Waals surface area (Å²) in [4.78, 5) is 14.6. The van der Waals surface area contributed by atoms with E-state index in [1.807, 2.05) is 73.7 Å². The smallest absolute Gasteiger partial charge is 0.258 e. The second-order valence-electron chi connectivity index (χ2n) is 6.31. The van der Waals surface area contributed by atoms with Crippen LogP contribution in [0.3, 0.4) is 0 Å². The molecule has 0 aliphatic rings. The summed E-state index contributed by atoms with van der Waals surface area (Å²) in [5.41, 5.74) is 4.29. The Bertz CT molecular complexity index is 1070. The van der Waals surface area contributed by atoms with Gasteiger partial charge in [-0.15, -0.1) is 0 Å². The summed E-state index contributed by atoms with van der Waals surface area (Å²) in [5.74, 6) is 0.601. The molecule has 4 aromatic rings. The third-order valence-electron chi connectivity index (χ3n) is 4.49. The van der Waals surface area contributed by atoms with Gasteiger partial charge in [-0.3, -0.25) is 4.79 Å². The molecular weight excluding hydrogens is 324 g/mol. The van der Waals surface area contributed by atoms with E-state index < -0.39 is 0 Å². The van der Waals surface area contributed by atoms with Gasteiger partial charge in [0, 0.05) is 23.9 Å². The number of aromatic nitrogens is 1. The third kappa shape index (κ3) is 2.86. The molecule has 4 nitrogen and oxygen atoms in total.